The van der Waals surface area contributed by atoms with Crippen LogP contribution in [0.5, 0.6) is 0 Å². The Morgan fingerprint density at radius 1 is 0.974 bits per heavy atom. The van der Waals surface area contributed by atoms with Gasteiger partial charge in [-0.25, -0.2) is 4.98 Å². The number of aromatic nitrogens is 2. The number of hydrogen-bond donors (Lipinski definition) is 2. The average Bonchev–Trinajstić information content (AvgIpc) is 2.94. The minimum atomic E-state index is -0.553. The van der Waals surface area contributed by atoms with Crippen molar-refractivity contribution in [1.82, 2.24) is 14.5 Å². The standard InChI is InChI=1S/C28H23BrClN5O3/c29-19-8-6-18(7-9-19)26-33-25(32-21-4-2-1-3-5-21)23(24(31)28(37)34-14-16-38-17-15-34)27(36)35(26)22-12-10-20(30)11-13-22/h1-13,31-32H,14-17H2. The summed E-state index contributed by atoms with van der Waals surface area (Å²) in [6.07, 6.45) is 0. The summed E-state index contributed by atoms with van der Waals surface area (Å²) in [5.41, 5.74) is 0.732. The average molecular weight is 593 g/mol. The number of nitrogens with one attached hydrogen (secondary N) is 2. The molecule has 8 nitrogen and oxygen atoms in total. The highest BCUT2D eigenvalue weighted by Crippen LogP contribution is 2.27. The van der Waals surface area contributed by atoms with Crippen molar-refractivity contribution in [2.75, 3.05) is 31.6 Å². The maximum Gasteiger partial charge on any atom is 0.272 e. The van der Waals surface area contributed by atoms with Crippen LogP contribution in [0, 0.1) is 5.41 Å². The first-order chi connectivity index (χ1) is 18.4. The van der Waals surface area contributed by atoms with E-state index < -0.39 is 17.2 Å². The van der Waals surface area contributed by atoms with Gasteiger partial charge in [0.2, 0.25) is 0 Å². The second kappa shape index (κ2) is 11.3. The molecular weight excluding hydrogens is 570 g/mol. The van der Waals surface area contributed by atoms with Crippen molar-refractivity contribution in [2.45, 2.75) is 0 Å². The molecule has 1 aliphatic rings. The Kier molecular flexibility index (Phi) is 7.69. The third-order valence-corrected chi connectivity index (χ3v) is 6.85. The molecule has 192 valence electrons. The van der Waals surface area contributed by atoms with Crippen LogP contribution in [0.3, 0.4) is 0 Å². The van der Waals surface area contributed by atoms with E-state index in [1.807, 2.05) is 54.6 Å². The molecule has 1 fully saturated rings. The van der Waals surface area contributed by atoms with Gasteiger partial charge in [-0.15, -0.1) is 0 Å². The normalized spacial score (nSPS) is 13.3. The van der Waals surface area contributed by atoms with Crippen LogP contribution in [0.4, 0.5) is 11.5 Å². The topological polar surface area (TPSA) is 100 Å². The number of anilines is 2. The van der Waals surface area contributed by atoms with Gasteiger partial charge in [-0.05, 0) is 48.5 Å². The zero-order valence-electron chi connectivity index (χ0n) is 20.2. The molecule has 0 radical (unpaired) electrons. The van der Waals surface area contributed by atoms with E-state index in [0.29, 0.717) is 54.1 Å². The van der Waals surface area contributed by atoms with E-state index in [4.69, 9.17) is 26.7 Å². The Morgan fingerprint density at radius 2 is 1.63 bits per heavy atom. The van der Waals surface area contributed by atoms with Gasteiger partial charge in [-0.1, -0.05) is 57.9 Å². The number of benzene rings is 3. The molecule has 38 heavy (non-hydrogen) atoms. The van der Waals surface area contributed by atoms with Crippen LogP contribution in [-0.4, -0.2) is 52.4 Å². The second-order valence-corrected chi connectivity index (χ2v) is 9.91. The van der Waals surface area contributed by atoms with Gasteiger partial charge in [0.05, 0.1) is 18.9 Å². The fraction of sp³-hybridized carbons (Fsp3) is 0.143. The molecule has 0 aliphatic carbocycles. The Bertz CT molecular complexity index is 1530. The van der Waals surface area contributed by atoms with Crippen LogP contribution in [-0.2, 0) is 9.53 Å². The number of halogens is 2. The summed E-state index contributed by atoms with van der Waals surface area (Å²) < 4.78 is 7.64. The summed E-state index contributed by atoms with van der Waals surface area (Å²) in [4.78, 5) is 34.0. The summed E-state index contributed by atoms with van der Waals surface area (Å²) in [6, 6.07) is 23.4. The van der Waals surface area contributed by atoms with Crippen LogP contribution in [0.15, 0.2) is 88.1 Å². The van der Waals surface area contributed by atoms with Gasteiger partial charge in [-0.3, -0.25) is 19.6 Å². The number of hydrogen-bond acceptors (Lipinski definition) is 6. The summed E-state index contributed by atoms with van der Waals surface area (Å²) in [6.45, 7) is 1.45. The zero-order valence-corrected chi connectivity index (χ0v) is 22.5. The third-order valence-electron chi connectivity index (χ3n) is 6.07. The zero-order chi connectivity index (χ0) is 26.6. The molecule has 1 amide bonds. The number of carbonyl (C=O) groups is 1. The highest BCUT2D eigenvalue weighted by atomic mass is 79.9. The maximum atomic E-state index is 14.3. The predicted molar refractivity (Wildman–Crippen MR) is 152 cm³/mol. The van der Waals surface area contributed by atoms with Gasteiger partial charge in [0.25, 0.3) is 11.5 Å². The van der Waals surface area contributed by atoms with Gasteiger partial charge in [0, 0.05) is 33.8 Å². The van der Waals surface area contributed by atoms with E-state index in [2.05, 4.69) is 21.2 Å². The van der Waals surface area contributed by atoms with Crippen molar-refractivity contribution in [1.29, 1.82) is 5.41 Å². The van der Waals surface area contributed by atoms with E-state index in [0.717, 1.165) is 4.47 Å². The molecule has 4 aromatic rings. The Labute approximate surface area is 232 Å². The van der Waals surface area contributed by atoms with Crippen molar-refractivity contribution in [2.24, 2.45) is 0 Å². The van der Waals surface area contributed by atoms with Crippen LogP contribution in [0.25, 0.3) is 17.1 Å². The first-order valence-electron chi connectivity index (χ1n) is 11.9. The molecule has 0 spiro atoms. The van der Waals surface area contributed by atoms with Crippen molar-refractivity contribution in [3.8, 4) is 17.1 Å². The Hall–Kier alpha value is -3.79. The summed E-state index contributed by atoms with van der Waals surface area (Å²) in [5, 5.41) is 12.5. The van der Waals surface area contributed by atoms with E-state index >= 15 is 0 Å². The lowest BCUT2D eigenvalue weighted by atomic mass is 10.1. The van der Waals surface area contributed by atoms with E-state index in [1.165, 1.54) is 9.47 Å². The first kappa shape index (κ1) is 25.8. The van der Waals surface area contributed by atoms with Crippen LogP contribution in [0.2, 0.25) is 5.02 Å². The molecular formula is C28H23BrClN5O3. The summed E-state index contributed by atoms with van der Waals surface area (Å²) in [7, 11) is 0. The second-order valence-electron chi connectivity index (χ2n) is 8.55. The highest BCUT2D eigenvalue weighted by Gasteiger charge is 2.29. The number of carbonyl (C=O) groups excluding carboxylic acids is 1. The molecule has 0 bridgehead atoms. The largest absolute Gasteiger partial charge is 0.378 e. The SMILES string of the molecule is N=C(C(=O)N1CCOCC1)c1c(Nc2ccccc2)nc(-c2ccc(Br)cc2)n(-c2ccc(Cl)cc2)c1=O. The molecule has 1 aromatic heterocycles. The number of ether oxygens (including phenoxy) is 1. The number of morpholine rings is 1. The van der Waals surface area contributed by atoms with E-state index in [-0.39, 0.29) is 11.4 Å². The highest BCUT2D eigenvalue weighted by molar-refractivity contribution is 9.10. The molecule has 0 unspecified atom stereocenters. The first-order valence-corrected chi connectivity index (χ1v) is 13.1. The van der Waals surface area contributed by atoms with Crippen molar-refractivity contribution < 1.29 is 9.53 Å². The smallest absolute Gasteiger partial charge is 0.272 e. The maximum absolute atomic E-state index is 14.3. The molecule has 3 aromatic carbocycles. The predicted octanol–water partition coefficient (Wildman–Crippen LogP) is 5.29. The van der Waals surface area contributed by atoms with Crippen molar-refractivity contribution in [3.63, 3.8) is 0 Å². The molecule has 2 N–H and O–H groups in total. The van der Waals surface area contributed by atoms with Crippen molar-refractivity contribution in [3.05, 3.63) is 104 Å². The van der Waals surface area contributed by atoms with Gasteiger partial charge < -0.3 is 15.0 Å². The van der Waals surface area contributed by atoms with Crippen LogP contribution >= 0.6 is 27.5 Å². The number of rotatable bonds is 6. The summed E-state index contributed by atoms with van der Waals surface area (Å²) >= 11 is 9.58. The van der Waals surface area contributed by atoms with Gasteiger partial charge in [-0.2, -0.15) is 0 Å². The number of para-hydroxylation sites is 1. The molecule has 0 atom stereocenters. The molecule has 1 saturated heterocycles. The number of amides is 1. The molecule has 10 heteroatoms. The van der Waals surface area contributed by atoms with Gasteiger partial charge in [0.1, 0.15) is 22.9 Å². The van der Waals surface area contributed by atoms with E-state index in [9.17, 15) is 9.59 Å². The minimum absolute atomic E-state index is 0.121. The molecule has 5 rings (SSSR count). The van der Waals surface area contributed by atoms with Crippen LogP contribution < -0.4 is 10.9 Å². The summed E-state index contributed by atoms with van der Waals surface area (Å²) in [5.74, 6) is -0.0862. The van der Waals surface area contributed by atoms with Crippen molar-refractivity contribution >= 4 is 50.7 Å². The quantitative estimate of drug-likeness (QED) is 0.297. The fourth-order valence-electron chi connectivity index (χ4n) is 4.15. The fourth-order valence-corrected chi connectivity index (χ4v) is 4.54. The lowest BCUT2D eigenvalue weighted by molar-refractivity contribution is -0.128. The van der Waals surface area contributed by atoms with E-state index in [1.54, 1.807) is 24.3 Å². The molecule has 2 heterocycles. The Morgan fingerprint density at radius 3 is 2.29 bits per heavy atom. The lowest BCUT2D eigenvalue weighted by Crippen LogP contribution is -2.45. The van der Waals surface area contributed by atoms with Crippen LogP contribution in [0.1, 0.15) is 5.56 Å². The van der Waals surface area contributed by atoms with Gasteiger partial charge >= 0.3 is 0 Å². The monoisotopic (exact) mass is 591 g/mol. The Balaban J connectivity index is 1.75. The number of nitrogens with zero attached hydrogens (tertiary/aromatic N) is 3. The third kappa shape index (κ3) is 5.40. The van der Waals surface area contributed by atoms with Gasteiger partial charge in [0.15, 0.2) is 0 Å². The molecule has 0 saturated carbocycles. The lowest BCUT2D eigenvalue weighted by Gasteiger charge is -2.27. The minimum Gasteiger partial charge on any atom is -0.378 e. The molecule has 1 aliphatic heterocycles.